The fourth-order valence-electron chi connectivity index (χ4n) is 5.08. The minimum Gasteiger partial charge on any atom is -0.374 e. The molecule has 0 aromatic heterocycles. The summed E-state index contributed by atoms with van der Waals surface area (Å²) in [6, 6.07) is 14.4. The number of hydrogen-bond donors (Lipinski definition) is 2. The molecule has 0 bridgehead atoms. The van der Waals surface area contributed by atoms with Gasteiger partial charge < -0.3 is 20.7 Å². The number of nitrogens with zero attached hydrogens (tertiary/aromatic N) is 2. The topological polar surface area (TPSA) is 122 Å². The van der Waals surface area contributed by atoms with Crippen molar-refractivity contribution in [1.29, 1.82) is 0 Å². The minimum absolute atomic E-state index is 0.00876. The smallest absolute Gasteiger partial charge is 0.247 e. The number of halogens is 1. The number of carbonyl (C=O) groups excluding carboxylic acids is 2. The van der Waals surface area contributed by atoms with Crippen molar-refractivity contribution in [2.45, 2.75) is 50.3 Å². The molecule has 2 aliphatic rings. The van der Waals surface area contributed by atoms with E-state index in [0.717, 1.165) is 15.6 Å². The number of amides is 2. The van der Waals surface area contributed by atoms with Gasteiger partial charge in [-0.05, 0) is 56.0 Å². The van der Waals surface area contributed by atoms with Crippen LogP contribution in [0.25, 0.3) is 0 Å². The van der Waals surface area contributed by atoms with E-state index >= 15 is 0 Å². The van der Waals surface area contributed by atoms with Crippen LogP contribution in [0.2, 0.25) is 0 Å². The monoisotopic (exact) mass is 606 g/mol. The number of nitrogens with two attached hydrogens (primary N) is 1. The van der Waals surface area contributed by atoms with Gasteiger partial charge in [0.15, 0.2) is 0 Å². The van der Waals surface area contributed by atoms with Crippen LogP contribution in [-0.2, 0) is 36.4 Å². The molecule has 206 valence electrons. The Morgan fingerprint density at radius 3 is 2.42 bits per heavy atom. The number of nitrogens with one attached hydrogen (secondary N) is 1. The second-order valence-electron chi connectivity index (χ2n) is 10.8. The Balaban J connectivity index is 1.48. The van der Waals surface area contributed by atoms with Crippen LogP contribution in [0.3, 0.4) is 0 Å². The van der Waals surface area contributed by atoms with Gasteiger partial charge in [-0.3, -0.25) is 13.9 Å². The summed E-state index contributed by atoms with van der Waals surface area (Å²) >= 11 is 3.52. The fraction of sp³-hybridized carbons (Fsp3) is 0.481. The van der Waals surface area contributed by atoms with Gasteiger partial charge in [-0.2, -0.15) is 0 Å². The standard InChI is InChI=1S/C27H35BrN4O5S/c1-26(2,29)25(34)30-22(17-37-16-19-7-5-4-6-8-19)24(33)31-13-11-27(12-14-31)18-32(38(3,35)36)23-10-9-20(28)15-21(23)27/h4-10,15,22H,11-14,16-18,29H2,1-3H3,(H,30,34)/t22-/m1/s1. The Morgan fingerprint density at radius 1 is 1.16 bits per heavy atom. The molecule has 1 spiro atoms. The number of ether oxygens (including phenoxy) is 1. The van der Waals surface area contributed by atoms with E-state index in [1.807, 2.05) is 48.5 Å². The summed E-state index contributed by atoms with van der Waals surface area (Å²) in [7, 11) is -3.45. The second kappa shape index (κ2) is 11.0. The van der Waals surface area contributed by atoms with Crippen molar-refractivity contribution in [3.05, 3.63) is 64.1 Å². The van der Waals surface area contributed by atoms with E-state index < -0.39 is 27.5 Å². The number of anilines is 1. The molecule has 2 aromatic rings. The highest BCUT2D eigenvalue weighted by Gasteiger charge is 2.48. The number of piperidine rings is 1. The molecule has 11 heteroatoms. The number of benzene rings is 2. The molecule has 0 aliphatic carbocycles. The zero-order valence-corrected chi connectivity index (χ0v) is 24.3. The first-order valence-corrected chi connectivity index (χ1v) is 15.2. The Hall–Kier alpha value is -2.47. The van der Waals surface area contributed by atoms with Crippen LogP contribution in [0.4, 0.5) is 5.69 Å². The Kier molecular flexibility index (Phi) is 8.23. The van der Waals surface area contributed by atoms with Crippen molar-refractivity contribution in [1.82, 2.24) is 10.2 Å². The number of carbonyl (C=O) groups is 2. The number of hydrogen-bond acceptors (Lipinski definition) is 6. The minimum atomic E-state index is -3.45. The number of sulfonamides is 1. The summed E-state index contributed by atoms with van der Waals surface area (Å²) in [5, 5.41) is 2.78. The fourth-order valence-corrected chi connectivity index (χ4v) is 6.44. The third-order valence-electron chi connectivity index (χ3n) is 7.26. The van der Waals surface area contributed by atoms with Crippen molar-refractivity contribution < 1.29 is 22.7 Å². The normalized spacial score (nSPS) is 17.8. The first-order chi connectivity index (χ1) is 17.8. The Labute approximate surface area is 232 Å². The van der Waals surface area contributed by atoms with Gasteiger partial charge in [0.05, 0.1) is 30.7 Å². The maximum absolute atomic E-state index is 13.6. The van der Waals surface area contributed by atoms with Crippen molar-refractivity contribution in [3.8, 4) is 0 Å². The molecule has 0 saturated carbocycles. The van der Waals surface area contributed by atoms with Crippen LogP contribution in [0.1, 0.15) is 37.8 Å². The van der Waals surface area contributed by atoms with Crippen LogP contribution in [0, 0.1) is 0 Å². The molecule has 4 rings (SSSR count). The molecule has 9 nitrogen and oxygen atoms in total. The summed E-state index contributed by atoms with van der Waals surface area (Å²) in [5.74, 6) is -0.677. The van der Waals surface area contributed by atoms with Gasteiger partial charge in [-0.25, -0.2) is 8.42 Å². The summed E-state index contributed by atoms with van der Waals surface area (Å²) in [4.78, 5) is 28.0. The first kappa shape index (κ1) is 28.5. The Morgan fingerprint density at radius 2 is 1.82 bits per heavy atom. The molecular formula is C27H35BrN4O5S. The molecular weight excluding hydrogens is 572 g/mol. The third kappa shape index (κ3) is 6.22. The lowest BCUT2D eigenvalue weighted by molar-refractivity contribution is -0.140. The van der Waals surface area contributed by atoms with Crippen LogP contribution in [-0.4, -0.2) is 69.2 Å². The molecule has 0 unspecified atom stereocenters. The molecule has 2 aromatic carbocycles. The van der Waals surface area contributed by atoms with Crippen LogP contribution < -0.4 is 15.4 Å². The predicted molar refractivity (Wildman–Crippen MR) is 150 cm³/mol. The average Bonchev–Trinajstić information content (AvgIpc) is 3.17. The zero-order chi connectivity index (χ0) is 27.7. The second-order valence-corrected chi connectivity index (χ2v) is 13.6. The van der Waals surface area contributed by atoms with Gasteiger partial charge in [0.25, 0.3) is 0 Å². The summed E-state index contributed by atoms with van der Waals surface area (Å²) in [5.41, 5.74) is 7.07. The third-order valence-corrected chi connectivity index (χ3v) is 8.88. The summed E-state index contributed by atoms with van der Waals surface area (Å²) in [6.45, 7) is 4.70. The molecule has 2 heterocycles. The van der Waals surface area contributed by atoms with Crippen molar-refractivity contribution in [2.24, 2.45) is 5.73 Å². The highest BCUT2D eigenvalue weighted by atomic mass is 79.9. The van der Waals surface area contributed by atoms with Gasteiger partial charge in [-0.15, -0.1) is 0 Å². The molecule has 1 fully saturated rings. The molecule has 1 saturated heterocycles. The van der Waals surface area contributed by atoms with Crippen molar-refractivity contribution in [3.63, 3.8) is 0 Å². The SMILES string of the molecule is CC(C)(N)C(=O)N[C@H](COCc1ccccc1)C(=O)N1CCC2(CC1)CN(S(C)(=O)=O)c1ccc(Br)cc12. The van der Waals surface area contributed by atoms with E-state index in [1.54, 1.807) is 18.7 Å². The van der Waals surface area contributed by atoms with E-state index in [-0.39, 0.29) is 17.9 Å². The van der Waals surface area contributed by atoms with Crippen LogP contribution >= 0.6 is 15.9 Å². The zero-order valence-electron chi connectivity index (χ0n) is 21.9. The lowest BCUT2D eigenvalue weighted by Crippen LogP contribution is -2.59. The maximum atomic E-state index is 13.6. The van der Waals surface area contributed by atoms with Crippen molar-refractivity contribution >= 4 is 43.5 Å². The largest absolute Gasteiger partial charge is 0.374 e. The molecule has 2 amide bonds. The molecule has 38 heavy (non-hydrogen) atoms. The van der Waals surface area contributed by atoms with Crippen molar-refractivity contribution in [2.75, 3.05) is 36.8 Å². The predicted octanol–water partition coefficient (Wildman–Crippen LogP) is 2.53. The molecule has 1 atom stereocenters. The van der Waals surface area contributed by atoms with Gasteiger partial charge in [0.2, 0.25) is 21.8 Å². The van der Waals surface area contributed by atoms with Crippen LogP contribution in [0.15, 0.2) is 53.0 Å². The summed E-state index contributed by atoms with van der Waals surface area (Å²) < 4.78 is 33.3. The van der Waals surface area contributed by atoms with Crippen LogP contribution in [0.5, 0.6) is 0 Å². The van der Waals surface area contributed by atoms with Gasteiger partial charge in [0, 0.05) is 29.5 Å². The average molecular weight is 608 g/mol. The quantitative estimate of drug-likeness (QED) is 0.476. The Bertz CT molecular complexity index is 1290. The molecule has 2 aliphatic heterocycles. The molecule has 3 N–H and O–H groups in total. The first-order valence-electron chi connectivity index (χ1n) is 12.6. The van der Waals surface area contributed by atoms with E-state index in [0.29, 0.717) is 44.8 Å². The van der Waals surface area contributed by atoms with Gasteiger partial charge >= 0.3 is 0 Å². The van der Waals surface area contributed by atoms with E-state index in [9.17, 15) is 18.0 Å². The number of likely N-dealkylation sites (tertiary alicyclic amines) is 1. The molecule has 0 radical (unpaired) electrons. The number of fused-ring (bicyclic) bond motifs is 2. The van der Waals surface area contributed by atoms with E-state index in [2.05, 4.69) is 21.2 Å². The van der Waals surface area contributed by atoms with E-state index in [1.165, 1.54) is 10.6 Å². The highest BCUT2D eigenvalue weighted by molar-refractivity contribution is 9.10. The van der Waals surface area contributed by atoms with E-state index in [4.69, 9.17) is 10.5 Å². The summed E-state index contributed by atoms with van der Waals surface area (Å²) in [6.07, 6.45) is 2.42. The maximum Gasteiger partial charge on any atom is 0.247 e. The number of rotatable bonds is 8. The van der Waals surface area contributed by atoms with Gasteiger partial charge in [0.1, 0.15) is 6.04 Å². The lowest BCUT2D eigenvalue weighted by Gasteiger charge is -2.41. The lowest BCUT2D eigenvalue weighted by atomic mass is 9.74. The highest BCUT2D eigenvalue weighted by Crippen LogP contribution is 2.48. The van der Waals surface area contributed by atoms with Gasteiger partial charge in [-0.1, -0.05) is 46.3 Å².